The summed E-state index contributed by atoms with van der Waals surface area (Å²) >= 11 is 0. The van der Waals surface area contributed by atoms with Crippen molar-refractivity contribution in [3.8, 4) is 0 Å². The SMILES string of the molecule is C=C1C2CCC3(C[C@@H](O)[C@H]4C5(CCC[C@@]4(C)C4OCCN4C5)[C@@H]3C2)[C@@H]1OC(C)=O. The number of nitrogens with zero attached hydrogens (tertiary/aromatic N) is 1. The maximum Gasteiger partial charge on any atom is 0.303 e. The Morgan fingerprint density at radius 1 is 1.31 bits per heavy atom. The minimum absolute atomic E-state index is 0.0126. The van der Waals surface area contributed by atoms with Crippen molar-refractivity contribution in [2.24, 2.45) is 34.0 Å². The zero-order chi connectivity index (χ0) is 20.2. The smallest absolute Gasteiger partial charge is 0.303 e. The quantitative estimate of drug-likeness (QED) is 0.540. The monoisotopic (exact) mass is 401 g/mol. The standard InChI is InChI=1S/C24H35NO4/c1-14-16-5-8-23(20(14)29-15(2)26)12-17(27)19-22(3)6-4-7-24(19,18(23)11-16)13-25-9-10-28-21(22)25/h16-21,27H,1,4-13H2,2-3H3/t16?,17-,18-,19-,20-,21?,22-,23?,24?/m1/s1. The molecule has 1 N–H and O–H groups in total. The lowest BCUT2D eigenvalue weighted by atomic mass is 9.34. The minimum Gasteiger partial charge on any atom is -0.457 e. The molecule has 4 unspecified atom stereocenters. The van der Waals surface area contributed by atoms with Gasteiger partial charge in [-0.05, 0) is 61.3 Å². The number of ether oxygens (including phenoxy) is 2. The van der Waals surface area contributed by atoms with Crippen molar-refractivity contribution < 1.29 is 19.4 Å². The second-order valence-electron chi connectivity index (χ2n) is 11.4. The molecule has 5 nitrogen and oxygen atoms in total. The molecule has 0 amide bonds. The first-order valence-corrected chi connectivity index (χ1v) is 11.7. The molecule has 1 spiro atoms. The van der Waals surface area contributed by atoms with Crippen molar-refractivity contribution in [1.82, 2.24) is 4.90 Å². The Labute approximate surface area is 173 Å². The first kappa shape index (κ1) is 18.8. The van der Waals surface area contributed by atoms with Gasteiger partial charge in [0.25, 0.3) is 0 Å². The van der Waals surface area contributed by atoms with Gasteiger partial charge in [0.2, 0.25) is 0 Å². The summed E-state index contributed by atoms with van der Waals surface area (Å²) in [6.45, 7) is 11.2. The molecule has 0 aromatic carbocycles. The van der Waals surface area contributed by atoms with Crippen LogP contribution in [-0.4, -0.2) is 54.1 Å². The van der Waals surface area contributed by atoms with E-state index in [4.69, 9.17) is 9.47 Å². The maximum atomic E-state index is 12.0. The molecule has 9 atom stereocenters. The first-order valence-electron chi connectivity index (χ1n) is 11.7. The average Bonchev–Trinajstić information content (AvgIpc) is 3.12. The summed E-state index contributed by atoms with van der Waals surface area (Å²) in [5.41, 5.74) is 1.09. The molecule has 5 heteroatoms. The van der Waals surface area contributed by atoms with Gasteiger partial charge in [-0.2, -0.15) is 0 Å². The van der Waals surface area contributed by atoms with Crippen LogP contribution >= 0.6 is 0 Å². The number of hydrogen-bond donors (Lipinski definition) is 1. The van der Waals surface area contributed by atoms with Crippen LogP contribution in [-0.2, 0) is 14.3 Å². The minimum atomic E-state index is -0.358. The van der Waals surface area contributed by atoms with Crippen LogP contribution in [0.15, 0.2) is 12.2 Å². The number of aliphatic hydroxyl groups is 1. The van der Waals surface area contributed by atoms with Crippen LogP contribution in [0.3, 0.4) is 0 Å². The van der Waals surface area contributed by atoms with Gasteiger partial charge in [0, 0.05) is 36.8 Å². The van der Waals surface area contributed by atoms with Gasteiger partial charge in [-0.3, -0.25) is 9.69 Å². The number of esters is 1. The summed E-state index contributed by atoms with van der Waals surface area (Å²) in [5.74, 6) is 1.02. The molecule has 7 aliphatic rings. The Kier molecular flexibility index (Phi) is 3.81. The van der Waals surface area contributed by atoms with Crippen molar-refractivity contribution in [1.29, 1.82) is 0 Å². The van der Waals surface area contributed by atoms with Gasteiger partial charge in [0.1, 0.15) is 12.3 Å². The lowest BCUT2D eigenvalue weighted by Gasteiger charge is -2.74. The van der Waals surface area contributed by atoms with Crippen molar-refractivity contribution in [2.75, 3.05) is 19.7 Å². The number of carbonyl (C=O) groups is 1. The van der Waals surface area contributed by atoms with Crippen molar-refractivity contribution >= 4 is 5.97 Å². The summed E-state index contributed by atoms with van der Waals surface area (Å²) in [6, 6.07) is 0. The van der Waals surface area contributed by atoms with Crippen LogP contribution in [0.2, 0.25) is 0 Å². The molecule has 2 aliphatic heterocycles. The zero-order valence-corrected chi connectivity index (χ0v) is 17.9. The third-order valence-corrected chi connectivity index (χ3v) is 10.2. The van der Waals surface area contributed by atoms with Gasteiger partial charge in [0.15, 0.2) is 0 Å². The third kappa shape index (κ3) is 2.15. The van der Waals surface area contributed by atoms with Crippen LogP contribution in [0.4, 0.5) is 0 Å². The van der Waals surface area contributed by atoms with E-state index in [1.165, 1.54) is 19.8 Å². The molecule has 29 heavy (non-hydrogen) atoms. The normalized spacial score (nSPS) is 55.8. The molecule has 0 aromatic rings. The van der Waals surface area contributed by atoms with Gasteiger partial charge < -0.3 is 14.6 Å². The van der Waals surface area contributed by atoms with Gasteiger partial charge in [-0.15, -0.1) is 0 Å². The fraction of sp³-hybridized carbons (Fsp3) is 0.875. The number of fused-ring (bicyclic) bond motifs is 4. The van der Waals surface area contributed by atoms with Crippen LogP contribution in [0, 0.1) is 34.0 Å². The van der Waals surface area contributed by atoms with E-state index in [0.717, 1.165) is 57.4 Å². The molecule has 2 heterocycles. The lowest BCUT2D eigenvalue weighted by Crippen LogP contribution is -2.75. The van der Waals surface area contributed by atoms with Crippen LogP contribution < -0.4 is 0 Å². The highest BCUT2D eigenvalue weighted by Crippen LogP contribution is 2.74. The number of rotatable bonds is 1. The van der Waals surface area contributed by atoms with E-state index in [-0.39, 0.29) is 46.6 Å². The largest absolute Gasteiger partial charge is 0.457 e. The van der Waals surface area contributed by atoms with E-state index in [2.05, 4.69) is 18.4 Å². The van der Waals surface area contributed by atoms with E-state index in [9.17, 15) is 9.90 Å². The molecule has 5 aliphatic carbocycles. The first-order chi connectivity index (χ1) is 13.8. The number of aliphatic hydroxyl groups excluding tert-OH is 1. The summed E-state index contributed by atoms with van der Waals surface area (Å²) in [4.78, 5) is 14.6. The average molecular weight is 402 g/mol. The van der Waals surface area contributed by atoms with E-state index >= 15 is 0 Å². The Balaban J connectivity index is 1.50. The molecule has 5 saturated carbocycles. The van der Waals surface area contributed by atoms with E-state index in [1.54, 1.807) is 0 Å². The van der Waals surface area contributed by atoms with Crippen molar-refractivity contribution in [3.63, 3.8) is 0 Å². The van der Waals surface area contributed by atoms with E-state index in [1.807, 2.05) is 0 Å². The van der Waals surface area contributed by atoms with Crippen molar-refractivity contribution in [2.45, 2.75) is 77.2 Å². The fourth-order valence-electron chi connectivity index (χ4n) is 9.71. The van der Waals surface area contributed by atoms with Crippen LogP contribution in [0.25, 0.3) is 0 Å². The molecule has 7 rings (SSSR count). The predicted molar refractivity (Wildman–Crippen MR) is 108 cm³/mol. The Bertz CT molecular complexity index is 768. The highest BCUT2D eigenvalue weighted by atomic mass is 16.5. The Hall–Kier alpha value is -0.910. The zero-order valence-electron chi connectivity index (χ0n) is 17.9. The van der Waals surface area contributed by atoms with Gasteiger partial charge in [-0.25, -0.2) is 0 Å². The topological polar surface area (TPSA) is 59.0 Å². The molecular formula is C24H35NO4. The van der Waals surface area contributed by atoms with Gasteiger partial charge in [-0.1, -0.05) is 19.9 Å². The fourth-order valence-corrected chi connectivity index (χ4v) is 9.71. The molecule has 4 bridgehead atoms. The van der Waals surface area contributed by atoms with Crippen molar-refractivity contribution in [3.05, 3.63) is 12.2 Å². The number of hydrogen-bond acceptors (Lipinski definition) is 5. The van der Waals surface area contributed by atoms with Gasteiger partial charge >= 0.3 is 5.97 Å². The molecule has 7 fully saturated rings. The Morgan fingerprint density at radius 3 is 2.93 bits per heavy atom. The summed E-state index contributed by atoms with van der Waals surface area (Å²) in [7, 11) is 0. The number of piperidine rings is 1. The summed E-state index contributed by atoms with van der Waals surface area (Å²) in [5, 5.41) is 11.7. The molecule has 2 saturated heterocycles. The van der Waals surface area contributed by atoms with Crippen LogP contribution in [0.1, 0.15) is 58.8 Å². The van der Waals surface area contributed by atoms with E-state index in [0.29, 0.717) is 11.8 Å². The lowest BCUT2D eigenvalue weighted by molar-refractivity contribution is -0.302. The second kappa shape index (κ2) is 5.86. The second-order valence-corrected chi connectivity index (χ2v) is 11.4. The van der Waals surface area contributed by atoms with E-state index < -0.39 is 0 Å². The molecule has 0 radical (unpaired) electrons. The summed E-state index contributed by atoms with van der Waals surface area (Å²) < 4.78 is 12.2. The molecule has 0 aromatic heterocycles. The Morgan fingerprint density at radius 2 is 2.14 bits per heavy atom. The third-order valence-electron chi connectivity index (χ3n) is 10.2. The highest BCUT2D eigenvalue weighted by molar-refractivity contribution is 5.66. The highest BCUT2D eigenvalue weighted by Gasteiger charge is 2.74. The summed E-state index contributed by atoms with van der Waals surface area (Å²) in [6.07, 6.45) is 7.22. The molecular weight excluding hydrogens is 366 g/mol. The van der Waals surface area contributed by atoms with Gasteiger partial charge in [0.05, 0.1) is 12.7 Å². The maximum absolute atomic E-state index is 12.0. The van der Waals surface area contributed by atoms with Crippen LogP contribution in [0.5, 0.6) is 0 Å². The predicted octanol–water partition coefficient (Wildman–Crippen LogP) is 3.12. The number of carbonyl (C=O) groups excluding carboxylic acids is 1. The molecule has 160 valence electrons.